The van der Waals surface area contributed by atoms with Crippen LogP contribution in [0.25, 0.3) is 0 Å². The average Bonchev–Trinajstić information content (AvgIpc) is 3.49. The molecule has 4 rings (SSSR count). The summed E-state index contributed by atoms with van der Waals surface area (Å²) < 4.78 is 27.3. The number of hydrogen-bond donors (Lipinski definition) is 4. The number of allylic oxidation sites excluding steroid dienone is 1. The van der Waals surface area contributed by atoms with Crippen LogP contribution in [0, 0.1) is 5.82 Å². The van der Waals surface area contributed by atoms with Crippen molar-refractivity contribution in [2.45, 2.75) is 39.7 Å². The molecule has 1 amide bonds. The molecule has 0 atom stereocenters. The molecule has 3 aromatic rings. The molecule has 0 bridgehead atoms. The molecule has 2 heterocycles. The Morgan fingerprint density at radius 3 is 2.78 bits per heavy atom. The van der Waals surface area contributed by atoms with E-state index in [0.717, 1.165) is 18.7 Å². The molecule has 0 saturated carbocycles. The minimum atomic E-state index is -0.627. The molecule has 0 aliphatic carbocycles. The number of rotatable bonds is 10. The van der Waals surface area contributed by atoms with Gasteiger partial charge in [0.2, 0.25) is 0 Å². The van der Waals surface area contributed by atoms with Gasteiger partial charge in [0.25, 0.3) is 5.91 Å². The number of amides is 1. The molecular weight excluding hydrogens is 477 g/mol. The largest absolute Gasteiger partial charge is 0.494 e. The first-order valence-corrected chi connectivity index (χ1v) is 11.8. The van der Waals surface area contributed by atoms with E-state index in [1.165, 1.54) is 42.6 Å². The third-order valence-corrected chi connectivity index (χ3v) is 6.06. The molecule has 0 spiro atoms. The van der Waals surface area contributed by atoms with Crippen molar-refractivity contribution in [3.63, 3.8) is 0 Å². The number of halogens is 1. The third kappa shape index (κ3) is 5.91. The summed E-state index contributed by atoms with van der Waals surface area (Å²) in [7, 11) is 2.91. The number of fused-ring (bicyclic) bond motifs is 1. The molecule has 1 aliphatic rings. The van der Waals surface area contributed by atoms with Crippen molar-refractivity contribution in [1.29, 1.82) is 0 Å². The molecule has 6 N–H and O–H groups in total. The van der Waals surface area contributed by atoms with Crippen LogP contribution in [0.1, 0.15) is 45.2 Å². The van der Waals surface area contributed by atoms with Gasteiger partial charge in [-0.25, -0.2) is 10.2 Å². The van der Waals surface area contributed by atoms with Gasteiger partial charge in [0.15, 0.2) is 11.6 Å². The first-order valence-electron chi connectivity index (χ1n) is 11.8. The number of hydrogen-bond acceptors (Lipinski definition) is 8. The van der Waals surface area contributed by atoms with E-state index < -0.39 is 11.7 Å². The fourth-order valence-electron chi connectivity index (χ4n) is 4.32. The normalized spacial score (nSPS) is 12.9. The quantitative estimate of drug-likeness (QED) is 0.242. The van der Waals surface area contributed by atoms with Gasteiger partial charge in [-0.1, -0.05) is 18.2 Å². The molecule has 0 saturated heterocycles. The van der Waals surface area contributed by atoms with Gasteiger partial charge < -0.3 is 25.8 Å². The van der Waals surface area contributed by atoms with Crippen molar-refractivity contribution in [3.05, 3.63) is 87.8 Å². The number of methoxy groups -OCH3 is 2. The first kappa shape index (κ1) is 26.1. The van der Waals surface area contributed by atoms with Crippen LogP contribution in [-0.4, -0.2) is 29.9 Å². The van der Waals surface area contributed by atoms with Gasteiger partial charge in [0.1, 0.15) is 5.69 Å². The summed E-state index contributed by atoms with van der Waals surface area (Å²) in [5, 5.41) is 11.9. The standard InChI is InChI=1S/C26H32FN7O3/c1-16(28)12-34(29)23-6-7-24(37-3)25(27)20(23)11-31-26(35)21-14-33(32-22(21)15-36-2)13-17-4-5-18-9-30-10-19(18)8-17/h4-8,12,14,30H,9-11,13,15,28-29H2,1-3H3,(H,31,35)/b16-12-. The Morgan fingerprint density at radius 1 is 1.27 bits per heavy atom. The van der Waals surface area contributed by atoms with Gasteiger partial charge >= 0.3 is 0 Å². The van der Waals surface area contributed by atoms with Crippen molar-refractivity contribution in [1.82, 2.24) is 20.4 Å². The number of hydrazine groups is 1. The number of anilines is 1. The minimum absolute atomic E-state index is 0.0345. The topological polar surface area (TPSA) is 133 Å². The molecule has 0 fully saturated rings. The molecule has 1 aliphatic heterocycles. The predicted octanol–water partition coefficient (Wildman–Crippen LogP) is 2.26. The monoisotopic (exact) mass is 509 g/mol. The molecule has 10 nitrogen and oxygen atoms in total. The van der Waals surface area contributed by atoms with Crippen LogP contribution in [0.4, 0.5) is 10.1 Å². The highest BCUT2D eigenvalue weighted by Gasteiger charge is 2.21. The van der Waals surface area contributed by atoms with Crippen LogP contribution in [0.2, 0.25) is 0 Å². The van der Waals surface area contributed by atoms with Gasteiger partial charge in [-0.2, -0.15) is 5.10 Å². The molecular formula is C26H32FN7O3. The zero-order chi connectivity index (χ0) is 26.5. The van der Waals surface area contributed by atoms with Crippen LogP contribution in [0.3, 0.4) is 0 Å². The maximum Gasteiger partial charge on any atom is 0.255 e. The lowest BCUT2D eigenvalue weighted by molar-refractivity contribution is 0.0945. The molecule has 196 valence electrons. The van der Waals surface area contributed by atoms with E-state index in [2.05, 4.69) is 33.9 Å². The summed E-state index contributed by atoms with van der Waals surface area (Å²) in [5.74, 6) is 5.06. The Balaban J connectivity index is 1.56. The summed E-state index contributed by atoms with van der Waals surface area (Å²) >= 11 is 0. The fourth-order valence-corrected chi connectivity index (χ4v) is 4.32. The maximum absolute atomic E-state index is 15.2. The Kier molecular flexibility index (Phi) is 8.07. The fraction of sp³-hybridized carbons (Fsp3) is 0.308. The van der Waals surface area contributed by atoms with Crippen LogP contribution in [-0.2, 0) is 37.5 Å². The number of nitrogens with zero attached hydrogens (tertiary/aromatic N) is 3. The molecule has 11 heteroatoms. The van der Waals surface area contributed by atoms with E-state index in [-0.39, 0.29) is 24.5 Å². The van der Waals surface area contributed by atoms with E-state index in [1.54, 1.807) is 23.9 Å². The van der Waals surface area contributed by atoms with Gasteiger partial charge in [0.05, 0.1) is 31.5 Å². The second-order valence-electron chi connectivity index (χ2n) is 8.87. The SMILES string of the molecule is COCc1nn(Cc2ccc3c(c2)CNC3)cc1C(=O)NCc1c(N(N)/C=C(/C)N)ccc(OC)c1F. The summed E-state index contributed by atoms with van der Waals surface area (Å²) in [5.41, 5.74) is 11.1. The molecule has 2 aromatic carbocycles. The van der Waals surface area contributed by atoms with Crippen LogP contribution in [0.15, 0.2) is 48.4 Å². The molecule has 0 unspecified atom stereocenters. The summed E-state index contributed by atoms with van der Waals surface area (Å²) in [6.45, 7) is 3.89. The maximum atomic E-state index is 15.2. The van der Waals surface area contributed by atoms with E-state index in [1.807, 2.05) is 0 Å². The van der Waals surface area contributed by atoms with Crippen LogP contribution >= 0.6 is 0 Å². The second kappa shape index (κ2) is 11.4. The highest BCUT2D eigenvalue weighted by atomic mass is 19.1. The number of benzene rings is 2. The van der Waals surface area contributed by atoms with Gasteiger partial charge in [-0.05, 0) is 35.7 Å². The highest BCUT2D eigenvalue weighted by molar-refractivity contribution is 5.95. The molecule has 1 aromatic heterocycles. The van der Waals surface area contributed by atoms with Gasteiger partial charge in [-0.15, -0.1) is 0 Å². The lowest BCUT2D eigenvalue weighted by Gasteiger charge is -2.20. The van der Waals surface area contributed by atoms with Gasteiger partial charge in [-0.3, -0.25) is 14.5 Å². The van der Waals surface area contributed by atoms with Crippen molar-refractivity contribution in [3.8, 4) is 5.75 Å². The van der Waals surface area contributed by atoms with E-state index >= 15 is 4.39 Å². The first-order chi connectivity index (χ1) is 17.8. The van der Waals surface area contributed by atoms with E-state index in [0.29, 0.717) is 29.2 Å². The number of carbonyl (C=O) groups is 1. The van der Waals surface area contributed by atoms with Crippen molar-refractivity contribution in [2.24, 2.45) is 11.6 Å². The lowest BCUT2D eigenvalue weighted by atomic mass is 10.1. The van der Waals surface area contributed by atoms with E-state index in [9.17, 15) is 4.79 Å². The summed E-state index contributed by atoms with van der Waals surface area (Å²) in [6, 6.07) is 9.39. The number of carbonyl (C=O) groups excluding carboxylic acids is 1. The van der Waals surface area contributed by atoms with Crippen LogP contribution < -0.4 is 32.0 Å². The zero-order valence-corrected chi connectivity index (χ0v) is 21.2. The Labute approximate surface area is 215 Å². The number of nitrogens with one attached hydrogen (secondary N) is 2. The number of ether oxygens (including phenoxy) is 2. The Hall–Kier alpha value is -3.93. The van der Waals surface area contributed by atoms with Crippen molar-refractivity contribution >= 4 is 11.6 Å². The third-order valence-electron chi connectivity index (χ3n) is 6.06. The molecule has 37 heavy (non-hydrogen) atoms. The Morgan fingerprint density at radius 2 is 2.05 bits per heavy atom. The average molecular weight is 510 g/mol. The van der Waals surface area contributed by atoms with Crippen LogP contribution in [0.5, 0.6) is 5.75 Å². The minimum Gasteiger partial charge on any atom is -0.494 e. The van der Waals surface area contributed by atoms with Crippen molar-refractivity contribution < 1.29 is 18.7 Å². The molecule has 0 radical (unpaired) electrons. The predicted molar refractivity (Wildman–Crippen MR) is 138 cm³/mol. The van der Waals surface area contributed by atoms with E-state index in [4.69, 9.17) is 21.1 Å². The highest BCUT2D eigenvalue weighted by Crippen LogP contribution is 2.29. The van der Waals surface area contributed by atoms with Gasteiger partial charge in [0, 0.05) is 50.4 Å². The number of nitrogens with two attached hydrogens (primary N) is 2. The number of aromatic nitrogens is 2. The second-order valence-corrected chi connectivity index (χ2v) is 8.87. The lowest BCUT2D eigenvalue weighted by Crippen LogP contribution is -2.30. The smallest absolute Gasteiger partial charge is 0.255 e. The summed E-state index contributed by atoms with van der Waals surface area (Å²) in [6.07, 6.45) is 3.14. The Bertz CT molecular complexity index is 1320. The summed E-state index contributed by atoms with van der Waals surface area (Å²) in [4.78, 5) is 13.2. The van der Waals surface area contributed by atoms with Crippen molar-refractivity contribution in [2.75, 3.05) is 19.2 Å². The zero-order valence-electron chi connectivity index (χ0n) is 21.2.